The molecule has 0 saturated heterocycles. The topological polar surface area (TPSA) is 51.0 Å². The van der Waals surface area contributed by atoms with Gasteiger partial charge in [0.25, 0.3) is 0 Å². The van der Waals surface area contributed by atoms with E-state index in [1.807, 2.05) is 42.5 Å². The monoisotopic (exact) mass is 302 g/mol. The van der Waals surface area contributed by atoms with Crippen molar-refractivity contribution in [2.45, 2.75) is 0 Å². The molecule has 112 valence electrons. The Labute approximate surface area is 134 Å². The van der Waals surface area contributed by atoms with Crippen LogP contribution in [-0.4, -0.2) is 5.97 Å². The summed E-state index contributed by atoms with van der Waals surface area (Å²) in [5.74, 6) is -0.0472. The van der Waals surface area contributed by atoms with E-state index in [1.165, 1.54) is 0 Å². The van der Waals surface area contributed by atoms with E-state index in [9.17, 15) is 4.79 Å². The van der Waals surface area contributed by atoms with E-state index in [4.69, 9.17) is 4.74 Å². The number of hydrogen-bond donors (Lipinski definition) is 0. The molecule has 0 spiro atoms. The van der Waals surface area contributed by atoms with E-state index >= 15 is 0 Å². The number of esters is 1. The number of azo groups is 1. The third-order valence-corrected chi connectivity index (χ3v) is 3.11. The first-order chi connectivity index (χ1) is 11.3. The largest absolute Gasteiger partial charge is 0.421 e. The van der Waals surface area contributed by atoms with E-state index in [1.54, 1.807) is 42.5 Å². The van der Waals surface area contributed by atoms with Gasteiger partial charge in [0.2, 0.25) is 0 Å². The summed E-state index contributed by atoms with van der Waals surface area (Å²) in [6.07, 6.45) is 0. The summed E-state index contributed by atoms with van der Waals surface area (Å²) >= 11 is 0. The molecule has 4 heteroatoms. The first-order valence-corrected chi connectivity index (χ1v) is 7.16. The second-order valence-corrected chi connectivity index (χ2v) is 4.76. The van der Waals surface area contributed by atoms with Crippen LogP contribution >= 0.6 is 0 Å². The average molecular weight is 302 g/mol. The first-order valence-electron chi connectivity index (χ1n) is 7.16. The van der Waals surface area contributed by atoms with Crippen LogP contribution in [0.25, 0.3) is 0 Å². The standard InChI is InChI=1S/C19H14N2O2/c22-19(15-9-3-1-4-10-15)23-18-14-8-7-13-17(18)21-20-16-11-5-2-6-12-16/h1-14H. The van der Waals surface area contributed by atoms with Crippen LogP contribution in [0.5, 0.6) is 5.75 Å². The van der Waals surface area contributed by atoms with Crippen LogP contribution in [0, 0.1) is 0 Å². The van der Waals surface area contributed by atoms with Crippen molar-refractivity contribution in [3.05, 3.63) is 90.5 Å². The third-order valence-electron chi connectivity index (χ3n) is 3.11. The summed E-state index contributed by atoms with van der Waals surface area (Å²) in [5, 5.41) is 8.32. The Kier molecular flexibility index (Phi) is 4.55. The molecule has 0 aliphatic rings. The van der Waals surface area contributed by atoms with Crippen molar-refractivity contribution < 1.29 is 9.53 Å². The van der Waals surface area contributed by atoms with Gasteiger partial charge >= 0.3 is 5.97 Å². The van der Waals surface area contributed by atoms with E-state index in [0.717, 1.165) is 5.69 Å². The van der Waals surface area contributed by atoms with Gasteiger partial charge < -0.3 is 4.74 Å². The minimum Gasteiger partial charge on any atom is -0.421 e. The van der Waals surface area contributed by atoms with E-state index in [0.29, 0.717) is 17.0 Å². The first kappa shape index (κ1) is 14.7. The fourth-order valence-electron chi connectivity index (χ4n) is 1.97. The zero-order valence-electron chi connectivity index (χ0n) is 12.3. The van der Waals surface area contributed by atoms with Gasteiger partial charge in [0.05, 0.1) is 11.3 Å². The normalized spacial score (nSPS) is 10.6. The van der Waals surface area contributed by atoms with Gasteiger partial charge in [0, 0.05) is 0 Å². The molecule has 3 aromatic carbocycles. The van der Waals surface area contributed by atoms with Crippen LogP contribution in [0.3, 0.4) is 0 Å². The lowest BCUT2D eigenvalue weighted by Crippen LogP contribution is -2.08. The number of carbonyl (C=O) groups excluding carboxylic acids is 1. The molecule has 0 bridgehead atoms. The summed E-state index contributed by atoms with van der Waals surface area (Å²) in [4.78, 5) is 12.1. The molecule has 3 rings (SSSR count). The SMILES string of the molecule is O=C(Oc1ccccc1N=Nc1ccccc1)c1ccccc1. The Morgan fingerprint density at radius 1 is 0.696 bits per heavy atom. The third kappa shape index (κ3) is 3.89. The summed E-state index contributed by atoms with van der Waals surface area (Å²) < 4.78 is 5.43. The lowest BCUT2D eigenvalue weighted by Gasteiger charge is -2.06. The predicted molar refractivity (Wildman–Crippen MR) is 88.5 cm³/mol. The molecule has 0 aliphatic heterocycles. The van der Waals surface area contributed by atoms with Crippen molar-refractivity contribution in [2.75, 3.05) is 0 Å². The van der Waals surface area contributed by atoms with Gasteiger partial charge in [-0.15, -0.1) is 5.11 Å². The maximum absolute atomic E-state index is 12.1. The molecule has 0 saturated carbocycles. The summed E-state index contributed by atoms with van der Waals surface area (Å²) in [7, 11) is 0. The Balaban J connectivity index is 1.81. The number of carbonyl (C=O) groups is 1. The number of nitrogens with zero attached hydrogens (tertiary/aromatic N) is 2. The molecule has 3 aromatic rings. The maximum Gasteiger partial charge on any atom is 0.343 e. The van der Waals surface area contributed by atoms with Gasteiger partial charge in [0.15, 0.2) is 5.75 Å². The summed E-state index contributed by atoms with van der Waals surface area (Å²) in [6, 6.07) is 25.3. The quantitative estimate of drug-likeness (QED) is 0.372. The number of hydrogen-bond acceptors (Lipinski definition) is 4. The Morgan fingerprint density at radius 3 is 2.04 bits per heavy atom. The molecule has 0 N–H and O–H groups in total. The zero-order chi connectivity index (χ0) is 15.9. The van der Waals surface area contributed by atoms with Gasteiger partial charge in [-0.1, -0.05) is 48.5 Å². The molecule has 0 unspecified atom stereocenters. The van der Waals surface area contributed by atoms with Crippen LogP contribution in [0.2, 0.25) is 0 Å². The van der Waals surface area contributed by atoms with Crippen molar-refractivity contribution in [3.8, 4) is 5.75 Å². The molecule has 0 aliphatic carbocycles. The molecule has 23 heavy (non-hydrogen) atoms. The van der Waals surface area contributed by atoms with Gasteiger partial charge in [-0.2, -0.15) is 5.11 Å². The molecular weight excluding hydrogens is 288 g/mol. The number of para-hydroxylation sites is 1. The van der Waals surface area contributed by atoms with Crippen LogP contribution in [-0.2, 0) is 0 Å². The predicted octanol–water partition coefficient (Wildman–Crippen LogP) is 5.32. The van der Waals surface area contributed by atoms with Gasteiger partial charge in [-0.3, -0.25) is 0 Å². The Morgan fingerprint density at radius 2 is 1.30 bits per heavy atom. The van der Waals surface area contributed by atoms with Crippen molar-refractivity contribution in [1.82, 2.24) is 0 Å². The summed E-state index contributed by atoms with van der Waals surface area (Å²) in [6.45, 7) is 0. The number of benzene rings is 3. The van der Waals surface area contributed by atoms with Gasteiger partial charge in [-0.25, -0.2) is 4.79 Å². The summed E-state index contributed by atoms with van der Waals surface area (Å²) in [5.41, 5.74) is 1.72. The highest BCUT2D eigenvalue weighted by Gasteiger charge is 2.10. The lowest BCUT2D eigenvalue weighted by molar-refractivity contribution is 0.0735. The molecule has 0 heterocycles. The van der Waals surface area contributed by atoms with Crippen LogP contribution in [0.4, 0.5) is 11.4 Å². The minimum atomic E-state index is -0.423. The second kappa shape index (κ2) is 7.13. The van der Waals surface area contributed by atoms with Crippen molar-refractivity contribution in [3.63, 3.8) is 0 Å². The highest BCUT2D eigenvalue weighted by Crippen LogP contribution is 2.29. The molecule has 4 nitrogen and oxygen atoms in total. The second-order valence-electron chi connectivity index (χ2n) is 4.76. The number of rotatable bonds is 4. The number of ether oxygens (including phenoxy) is 1. The molecule has 0 amide bonds. The maximum atomic E-state index is 12.1. The highest BCUT2D eigenvalue weighted by molar-refractivity contribution is 5.91. The fraction of sp³-hybridized carbons (Fsp3) is 0. The smallest absolute Gasteiger partial charge is 0.343 e. The lowest BCUT2D eigenvalue weighted by atomic mass is 10.2. The molecule has 0 fully saturated rings. The van der Waals surface area contributed by atoms with Crippen molar-refractivity contribution in [2.24, 2.45) is 10.2 Å². The highest BCUT2D eigenvalue weighted by atomic mass is 16.5. The molecule has 0 aromatic heterocycles. The molecule has 0 atom stereocenters. The van der Waals surface area contributed by atoms with Gasteiger partial charge in [0.1, 0.15) is 5.69 Å². The van der Waals surface area contributed by atoms with Crippen LogP contribution < -0.4 is 4.74 Å². The van der Waals surface area contributed by atoms with E-state index < -0.39 is 5.97 Å². The van der Waals surface area contributed by atoms with Crippen molar-refractivity contribution in [1.29, 1.82) is 0 Å². The van der Waals surface area contributed by atoms with E-state index in [2.05, 4.69) is 10.2 Å². The average Bonchev–Trinajstić information content (AvgIpc) is 2.62. The Hall–Kier alpha value is -3.27. The van der Waals surface area contributed by atoms with Gasteiger partial charge in [-0.05, 0) is 36.4 Å². The molecule has 0 radical (unpaired) electrons. The zero-order valence-corrected chi connectivity index (χ0v) is 12.3. The van der Waals surface area contributed by atoms with Crippen LogP contribution in [0.15, 0.2) is 95.2 Å². The Bertz CT molecular complexity index is 815. The fourth-order valence-corrected chi connectivity index (χ4v) is 1.97. The molecular formula is C19H14N2O2. The van der Waals surface area contributed by atoms with Crippen molar-refractivity contribution >= 4 is 17.3 Å². The minimum absolute atomic E-state index is 0.376. The van der Waals surface area contributed by atoms with E-state index in [-0.39, 0.29) is 0 Å². The van der Waals surface area contributed by atoms with Crippen LogP contribution in [0.1, 0.15) is 10.4 Å².